The topological polar surface area (TPSA) is 66.7 Å². The highest BCUT2D eigenvalue weighted by Gasteiger charge is 2.04. The van der Waals surface area contributed by atoms with Crippen molar-refractivity contribution in [2.24, 2.45) is 5.10 Å². The number of rotatable bonds is 5. The lowest BCUT2D eigenvalue weighted by Crippen LogP contribution is -1.91. The van der Waals surface area contributed by atoms with Gasteiger partial charge >= 0.3 is 0 Å². The maximum atomic E-state index is 9.84. The molecule has 6 heteroatoms. The molecule has 0 unspecified atom stereocenters. The molecule has 24 heavy (non-hydrogen) atoms. The molecular weight excluding hydrogens is 322 g/mol. The maximum Gasteiger partial charge on any atom is 0.203 e. The Hall–Kier alpha value is -2.86. The van der Waals surface area contributed by atoms with Crippen LogP contribution in [0.1, 0.15) is 11.1 Å². The summed E-state index contributed by atoms with van der Waals surface area (Å²) in [6, 6.07) is 13.2. The molecule has 0 bridgehead atoms. The van der Waals surface area contributed by atoms with E-state index in [-0.39, 0.29) is 5.75 Å². The molecule has 5 nitrogen and oxygen atoms in total. The van der Waals surface area contributed by atoms with Crippen molar-refractivity contribution in [3.63, 3.8) is 0 Å². The van der Waals surface area contributed by atoms with Crippen molar-refractivity contribution in [2.45, 2.75) is 6.92 Å². The van der Waals surface area contributed by atoms with Crippen molar-refractivity contribution >= 4 is 22.7 Å². The van der Waals surface area contributed by atoms with E-state index in [4.69, 9.17) is 4.74 Å². The Balaban J connectivity index is 1.68. The first-order valence-electron chi connectivity index (χ1n) is 7.34. The van der Waals surface area contributed by atoms with Gasteiger partial charge in [0.15, 0.2) is 0 Å². The van der Waals surface area contributed by atoms with Crippen LogP contribution in [0, 0.1) is 6.92 Å². The second-order valence-corrected chi connectivity index (χ2v) is 6.06. The zero-order valence-corrected chi connectivity index (χ0v) is 14.2. The molecule has 3 rings (SSSR count). The first-order valence-corrected chi connectivity index (χ1v) is 8.22. The van der Waals surface area contributed by atoms with Gasteiger partial charge in [0, 0.05) is 16.5 Å². The number of benzene rings is 2. The number of aryl methyl sites for hydroxylation is 1. The summed E-state index contributed by atoms with van der Waals surface area (Å²) in [7, 11) is 1.64. The van der Waals surface area contributed by atoms with Gasteiger partial charge in [-0.1, -0.05) is 6.07 Å². The number of methoxy groups -OCH3 is 1. The number of nitrogens with zero attached hydrogens (tertiary/aromatic N) is 2. The van der Waals surface area contributed by atoms with Gasteiger partial charge in [-0.3, -0.25) is 5.43 Å². The highest BCUT2D eigenvalue weighted by Crippen LogP contribution is 2.26. The Labute approximate surface area is 144 Å². The Morgan fingerprint density at radius 2 is 2.00 bits per heavy atom. The number of aromatic hydroxyl groups is 1. The van der Waals surface area contributed by atoms with E-state index in [2.05, 4.69) is 15.5 Å². The normalized spacial score (nSPS) is 10.9. The highest BCUT2D eigenvalue weighted by atomic mass is 32.1. The molecule has 0 aliphatic heterocycles. The summed E-state index contributed by atoms with van der Waals surface area (Å²) in [6.07, 6.45) is 1.57. The van der Waals surface area contributed by atoms with Crippen LogP contribution in [0.5, 0.6) is 11.5 Å². The standard InChI is InChI=1S/C18H17N3O2S/c1-12-3-4-14(17(22)9-12)10-19-21-18-20-16(11-24-18)13-5-7-15(23-2)8-6-13/h3-11,22H,1-2H3,(H,20,21)/b19-10-. The van der Waals surface area contributed by atoms with Gasteiger partial charge in [-0.25, -0.2) is 4.98 Å². The van der Waals surface area contributed by atoms with Crippen molar-refractivity contribution in [1.29, 1.82) is 0 Å². The van der Waals surface area contributed by atoms with E-state index < -0.39 is 0 Å². The van der Waals surface area contributed by atoms with Gasteiger partial charge in [-0.2, -0.15) is 5.10 Å². The Bertz CT molecular complexity index is 857. The number of phenolic OH excluding ortho intramolecular Hbond substituents is 1. The third kappa shape index (κ3) is 3.72. The summed E-state index contributed by atoms with van der Waals surface area (Å²) in [5.41, 5.74) is 6.43. The van der Waals surface area contributed by atoms with Gasteiger partial charge in [0.05, 0.1) is 19.0 Å². The van der Waals surface area contributed by atoms with Crippen molar-refractivity contribution in [2.75, 3.05) is 12.5 Å². The van der Waals surface area contributed by atoms with Crippen molar-refractivity contribution < 1.29 is 9.84 Å². The van der Waals surface area contributed by atoms with Crippen LogP contribution in [-0.4, -0.2) is 23.4 Å². The van der Waals surface area contributed by atoms with Crippen LogP contribution >= 0.6 is 11.3 Å². The number of hydrogen-bond donors (Lipinski definition) is 2. The zero-order chi connectivity index (χ0) is 16.9. The van der Waals surface area contributed by atoms with Crippen LogP contribution in [-0.2, 0) is 0 Å². The van der Waals surface area contributed by atoms with Gasteiger partial charge in [0.25, 0.3) is 0 Å². The van der Waals surface area contributed by atoms with E-state index >= 15 is 0 Å². The molecule has 122 valence electrons. The average Bonchev–Trinajstić information content (AvgIpc) is 3.06. The number of anilines is 1. The summed E-state index contributed by atoms with van der Waals surface area (Å²) in [4.78, 5) is 4.49. The van der Waals surface area contributed by atoms with Crippen LogP contribution < -0.4 is 10.2 Å². The molecule has 0 saturated heterocycles. The molecule has 2 N–H and O–H groups in total. The lowest BCUT2D eigenvalue weighted by Gasteiger charge is -2.01. The Morgan fingerprint density at radius 1 is 1.21 bits per heavy atom. The largest absolute Gasteiger partial charge is 0.507 e. The second kappa shape index (κ2) is 7.14. The van der Waals surface area contributed by atoms with Gasteiger partial charge < -0.3 is 9.84 Å². The third-order valence-corrected chi connectivity index (χ3v) is 4.19. The number of hydrazone groups is 1. The van der Waals surface area contributed by atoms with Crippen LogP contribution in [0.3, 0.4) is 0 Å². The third-order valence-electron chi connectivity index (χ3n) is 3.44. The second-order valence-electron chi connectivity index (χ2n) is 5.20. The minimum atomic E-state index is 0.207. The average molecular weight is 339 g/mol. The fraction of sp³-hybridized carbons (Fsp3) is 0.111. The molecule has 0 fully saturated rings. The molecule has 0 aliphatic carbocycles. The fourth-order valence-electron chi connectivity index (χ4n) is 2.14. The van der Waals surface area contributed by atoms with E-state index in [1.165, 1.54) is 11.3 Å². The SMILES string of the molecule is COc1ccc(-c2csc(N/N=C\c3ccc(C)cc3O)n2)cc1. The van der Waals surface area contributed by atoms with E-state index in [1.54, 1.807) is 19.4 Å². The number of aromatic nitrogens is 1. The van der Waals surface area contributed by atoms with E-state index in [9.17, 15) is 5.11 Å². The molecule has 1 heterocycles. The molecule has 0 saturated carbocycles. The lowest BCUT2D eigenvalue weighted by atomic mass is 10.1. The number of nitrogens with one attached hydrogen (secondary N) is 1. The van der Waals surface area contributed by atoms with Gasteiger partial charge in [-0.15, -0.1) is 11.3 Å². The molecule has 0 amide bonds. The fourth-order valence-corrected chi connectivity index (χ4v) is 2.81. The lowest BCUT2D eigenvalue weighted by molar-refractivity contribution is 0.415. The van der Waals surface area contributed by atoms with Gasteiger partial charge in [-0.05, 0) is 48.9 Å². The minimum Gasteiger partial charge on any atom is -0.507 e. The Kier molecular flexibility index (Phi) is 4.77. The monoisotopic (exact) mass is 339 g/mol. The summed E-state index contributed by atoms with van der Waals surface area (Å²) < 4.78 is 5.15. The summed E-state index contributed by atoms with van der Waals surface area (Å²) in [5.74, 6) is 1.02. The first kappa shape index (κ1) is 16.0. The van der Waals surface area contributed by atoms with Crippen LogP contribution in [0.2, 0.25) is 0 Å². The molecule has 3 aromatic rings. The molecule has 1 aromatic heterocycles. The van der Waals surface area contributed by atoms with Gasteiger partial charge in [0.2, 0.25) is 5.13 Å². The van der Waals surface area contributed by atoms with Crippen LogP contribution in [0.25, 0.3) is 11.3 Å². The zero-order valence-electron chi connectivity index (χ0n) is 13.4. The number of phenols is 1. The van der Waals surface area contributed by atoms with Crippen molar-refractivity contribution in [3.05, 3.63) is 59.0 Å². The minimum absolute atomic E-state index is 0.207. The van der Waals surface area contributed by atoms with E-state index in [0.717, 1.165) is 22.6 Å². The van der Waals surface area contributed by atoms with Crippen LogP contribution in [0.15, 0.2) is 52.9 Å². The van der Waals surface area contributed by atoms with Crippen LogP contribution in [0.4, 0.5) is 5.13 Å². The Morgan fingerprint density at radius 3 is 2.71 bits per heavy atom. The summed E-state index contributed by atoms with van der Waals surface area (Å²) in [5, 5.41) is 16.6. The van der Waals surface area contributed by atoms with Crippen molar-refractivity contribution in [3.8, 4) is 22.8 Å². The first-order chi connectivity index (χ1) is 11.7. The predicted octanol–water partition coefficient (Wildman–Crippen LogP) is 4.28. The van der Waals surface area contributed by atoms with E-state index in [1.807, 2.05) is 48.7 Å². The molecule has 0 atom stereocenters. The van der Waals surface area contributed by atoms with Gasteiger partial charge in [0.1, 0.15) is 11.5 Å². The molecular formula is C18H17N3O2S. The molecule has 0 aliphatic rings. The molecule has 2 aromatic carbocycles. The quantitative estimate of drug-likeness (QED) is 0.538. The maximum absolute atomic E-state index is 9.84. The van der Waals surface area contributed by atoms with Crippen molar-refractivity contribution in [1.82, 2.24) is 4.98 Å². The highest BCUT2D eigenvalue weighted by molar-refractivity contribution is 7.14. The smallest absolute Gasteiger partial charge is 0.203 e. The molecule has 0 spiro atoms. The van der Waals surface area contributed by atoms with E-state index in [0.29, 0.717) is 10.7 Å². The predicted molar refractivity (Wildman–Crippen MR) is 98.2 cm³/mol. The summed E-state index contributed by atoms with van der Waals surface area (Å²) >= 11 is 1.47. The number of ether oxygens (including phenoxy) is 1. The molecule has 0 radical (unpaired) electrons. The summed E-state index contributed by atoms with van der Waals surface area (Å²) in [6.45, 7) is 1.93. The number of thiazole rings is 1. The number of hydrogen-bond acceptors (Lipinski definition) is 6.